The van der Waals surface area contributed by atoms with Gasteiger partial charge in [-0.1, -0.05) is 12.1 Å². The summed E-state index contributed by atoms with van der Waals surface area (Å²) in [5.41, 5.74) is 0.124. The lowest BCUT2D eigenvalue weighted by Crippen LogP contribution is -2.36. The Morgan fingerprint density at radius 3 is 2.47 bits per heavy atom. The zero-order valence-electron chi connectivity index (χ0n) is 9.42. The second kappa shape index (κ2) is 6.59. The van der Waals surface area contributed by atoms with Crippen LogP contribution >= 0.6 is 0 Å². The van der Waals surface area contributed by atoms with Crippen molar-refractivity contribution in [1.82, 2.24) is 10.6 Å². The van der Waals surface area contributed by atoms with E-state index in [0.29, 0.717) is 0 Å². The van der Waals surface area contributed by atoms with E-state index >= 15 is 0 Å². The van der Waals surface area contributed by atoms with E-state index < -0.39 is 11.7 Å². The lowest BCUT2D eigenvalue weighted by Gasteiger charge is -2.06. The van der Waals surface area contributed by atoms with Crippen molar-refractivity contribution in [2.24, 2.45) is 0 Å². The summed E-state index contributed by atoms with van der Waals surface area (Å²) in [7, 11) is 1.50. The van der Waals surface area contributed by atoms with Crippen molar-refractivity contribution in [2.75, 3.05) is 25.5 Å². The van der Waals surface area contributed by atoms with Gasteiger partial charge in [0.15, 0.2) is 0 Å². The predicted molar refractivity (Wildman–Crippen MR) is 62.0 cm³/mol. The summed E-state index contributed by atoms with van der Waals surface area (Å²) in [4.78, 5) is 22.2. The highest BCUT2D eigenvalue weighted by molar-refractivity contribution is 5.92. The van der Waals surface area contributed by atoms with Gasteiger partial charge >= 0.3 is 0 Å². The van der Waals surface area contributed by atoms with Gasteiger partial charge in [-0.2, -0.15) is 0 Å². The number of halogens is 1. The molecule has 0 saturated carbocycles. The van der Waals surface area contributed by atoms with E-state index in [2.05, 4.69) is 16.0 Å². The lowest BCUT2D eigenvalue weighted by atomic mass is 10.3. The number of para-hydroxylation sites is 1. The normalized spacial score (nSPS) is 9.76. The Morgan fingerprint density at radius 2 is 1.82 bits per heavy atom. The summed E-state index contributed by atoms with van der Waals surface area (Å²) in [5.74, 6) is -1.12. The highest BCUT2D eigenvalue weighted by Gasteiger charge is 2.06. The van der Waals surface area contributed by atoms with Gasteiger partial charge in [0.1, 0.15) is 5.82 Å². The lowest BCUT2D eigenvalue weighted by molar-refractivity contribution is -0.120. The minimum atomic E-state index is -0.493. The molecule has 2 amide bonds. The molecule has 0 aliphatic rings. The van der Waals surface area contributed by atoms with Gasteiger partial charge in [0.2, 0.25) is 11.8 Å². The molecule has 92 valence electrons. The number of anilines is 1. The zero-order chi connectivity index (χ0) is 12.7. The van der Waals surface area contributed by atoms with Crippen molar-refractivity contribution in [1.29, 1.82) is 0 Å². The molecule has 6 heteroatoms. The number of carbonyl (C=O) groups is 2. The maximum absolute atomic E-state index is 13.2. The van der Waals surface area contributed by atoms with Gasteiger partial charge in [0.05, 0.1) is 18.8 Å². The van der Waals surface area contributed by atoms with Gasteiger partial charge in [0.25, 0.3) is 0 Å². The third-order valence-corrected chi connectivity index (χ3v) is 2.00. The first-order chi connectivity index (χ1) is 8.13. The molecule has 0 spiro atoms. The average molecular weight is 239 g/mol. The Kier molecular flexibility index (Phi) is 5.09. The maximum Gasteiger partial charge on any atom is 0.238 e. The molecule has 0 unspecified atom stereocenters. The molecule has 5 nitrogen and oxygen atoms in total. The Hall–Kier alpha value is -1.95. The summed E-state index contributed by atoms with van der Waals surface area (Å²) in [5, 5.41) is 7.43. The Labute approximate surface area is 98.4 Å². The molecule has 0 bridgehead atoms. The van der Waals surface area contributed by atoms with Crippen LogP contribution in [-0.4, -0.2) is 32.0 Å². The molecule has 0 aliphatic heterocycles. The Morgan fingerprint density at radius 1 is 1.18 bits per heavy atom. The van der Waals surface area contributed by atoms with E-state index in [1.54, 1.807) is 6.07 Å². The van der Waals surface area contributed by atoms with Gasteiger partial charge in [-0.15, -0.1) is 0 Å². The number of hydrogen-bond acceptors (Lipinski definition) is 3. The van der Waals surface area contributed by atoms with E-state index in [-0.39, 0.29) is 24.7 Å². The summed E-state index contributed by atoms with van der Waals surface area (Å²) in [6, 6.07) is 5.88. The molecule has 0 atom stereocenters. The molecule has 0 fully saturated rings. The highest BCUT2D eigenvalue weighted by atomic mass is 19.1. The summed E-state index contributed by atoms with van der Waals surface area (Å²) in [6.45, 7) is -0.0110. The molecule has 1 aromatic carbocycles. The van der Waals surface area contributed by atoms with Crippen LogP contribution in [0.1, 0.15) is 0 Å². The molecule has 17 heavy (non-hydrogen) atoms. The highest BCUT2D eigenvalue weighted by Crippen LogP contribution is 2.11. The van der Waals surface area contributed by atoms with E-state index in [0.717, 1.165) is 0 Å². The minimum Gasteiger partial charge on any atom is -0.358 e. The van der Waals surface area contributed by atoms with Gasteiger partial charge in [-0.05, 0) is 12.1 Å². The SMILES string of the molecule is CNC(=O)CNCC(=O)Nc1ccccc1F. The van der Waals surface area contributed by atoms with E-state index in [4.69, 9.17) is 0 Å². The number of amides is 2. The predicted octanol–water partition coefficient (Wildman–Crippen LogP) is 0.0998. The molecule has 1 aromatic rings. The van der Waals surface area contributed by atoms with Crippen molar-refractivity contribution in [3.05, 3.63) is 30.1 Å². The first-order valence-corrected chi connectivity index (χ1v) is 5.09. The second-order valence-corrected chi connectivity index (χ2v) is 3.30. The first kappa shape index (κ1) is 13.1. The fourth-order valence-electron chi connectivity index (χ4n) is 1.13. The number of carbonyl (C=O) groups excluding carboxylic acids is 2. The standard InChI is InChI=1S/C11H14FN3O2/c1-13-10(16)6-14-7-11(17)15-9-5-3-2-4-8(9)12/h2-5,14H,6-7H2,1H3,(H,13,16)(H,15,17). The largest absolute Gasteiger partial charge is 0.358 e. The monoisotopic (exact) mass is 239 g/mol. The Bertz CT molecular complexity index is 409. The molecule has 0 heterocycles. The number of nitrogens with one attached hydrogen (secondary N) is 3. The first-order valence-electron chi connectivity index (χ1n) is 5.09. The van der Waals surface area contributed by atoms with Crippen LogP contribution in [-0.2, 0) is 9.59 Å². The van der Waals surface area contributed by atoms with Crippen molar-refractivity contribution in [2.45, 2.75) is 0 Å². The van der Waals surface area contributed by atoms with Crippen LogP contribution in [0.3, 0.4) is 0 Å². The van der Waals surface area contributed by atoms with Crippen LogP contribution in [0.15, 0.2) is 24.3 Å². The summed E-state index contributed by atoms with van der Waals surface area (Å²) >= 11 is 0. The third kappa shape index (κ3) is 4.60. The molecule has 0 saturated heterocycles. The molecular weight excluding hydrogens is 225 g/mol. The van der Waals surface area contributed by atoms with E-state index in [1.165, 1.54) is 25.2 Å². The van der Waals surface area contributed by atoms with Crippen molar-refractivity contribution in [3.8, 4) is 0 Å². The molecule has 0 aromatic heterocycles. The van der Waals surface area contributed by atoms with Crippen LogP contribution in [0.2, 0.25) is 0 Å². The van der Waals surface area contributed by atoms with E-state index in [1.807, 2.05) is 0 Å². The average Bonchev–Trinajstić information content (AvgIpc) is 2.32. The van der Waals surface area contributed by atoms with Crippen LogP contribution in [0.4, 0.5) is 10.1 Å². The molecular formula is C11H14FN3O2. The molecule has 1 rings (SSSR count). The number of rotatable bonds is 5. The molecule has 0 radical (unpaired) electrons. The summed E-state index contributed by atoms with van der Waals surface area (Å²) < 4.78 is 13.2. The van der Waals surface area contributed by atoms with Crippen molar-refractivity contribution < 1.29 is 14.0 Å². The maximum atomic E-state index is 13.2. The van der Waals surface area contributed by atoms with Gasteiger partial charge < -0.3 is 10.6 Å². The zero-order valence-corrected chi connectivity index (χ0v) is 9.42. The van der Waals surface area contributed by atoms with Gasteiger partial charge in [-0.3, -0.25) is 14.9 Å². The van der Waals surface area contributed by atoms with Crippen molar-refractivity contribution in [3.63, 3.8) is 0 Å². The molecule has 0 aliphatic carbocycles. The van der Waals surface area contributed by atoms with Gasteiger partial charge in [-0.25, -0.2) is 4.39 Å². The summed E-state index contributed by atoms with van der Waals surface area (Å²) in [6.07, 6.45) is 0. The number of likely N-dealkylation sites (N-methyl/N-ethyl adjacent to an activating group) is 1. The van der Waals surface area contributed by atoms with Crippen LogP contribution < -0.4 is 16.0 Å². The fourth-order valence-corrected chi connectivity index (χ4v) is 1.13. The number of benzene rings is 1. The molecule has 3 N–H and O–H groups in total. The van der Waals surface area contributed by atoms with Gasteiger partial charge in [0, 0.05) is 7.05 Å². The fraction of sp³-hybridized carbons (Fsp3) is 0.273. The third-order valence-electron chi connectivity index (χ3n) is 2.00. The Balaban J connectivity index is 2.35. The minimum absolute atomic E-state index is 0.0428. The second-order valence-electron chi connectivity index (χ2n) is 3.30. The quantitative estimate of drug-likeness (QED) is 0.682. The van der Waals surface area contributed by atoms with Crippen LogP contribution in [0.5, 0.6) is 0 Å². The van der Waals surface area contributed by atoms with Crippen LogP contribution in [0, 0.1) is 5.82 Å². The number of hydrogen-bond donors (Lipinski definition) is 3. The van der Waals surface area contributed by atoms with Crippen molar-refractivity contribution >= 4 is 17.5 Å². The smallest absolute Gasteiger partial charge is 0.238 e. The van der Waals surface area contributed by atoms with Crippen LogP contribution in [0.25, 0.3) is 0 Å². The van der Waals surface area contributed by atoms with E-state index in [9.17, 15) is 14.0 Å². The topological polar surface area (TPSA) is 70.2 Å².